The Morgan fingerprint density at radius 2 is 2.06 bits per heavy atom. The van der Waals surface area contributed by atoms with E-state index in [0.717, 1.165) is 10.1 Å². The Morgan fingerprint density at radius 1 is 1.38 bits per heavy atom. The molecule has 0 unspecified atom stereocenters. The molecule has 0 amide bonds. The molecule has 0 saturated carbocycles. The first kappa shape index (κ1) is 10.6. The lowest BCUT2D eigenvalue weighted by atomic mass is 10.3. The third-order valence-electron chi connectivity index (χ3n) is 1.93. The number of nitro benzene ring substituents is 1. The second-order valence-corrected chi connectivity index (χ2v) is 4.12. The number of benzene rings is 1. The molecule has 0 aliphatic rings. The highest BCUT2D eigenvalue weighted by Gasteiger charge is 2.07. The zero-order chi connectivity index (χ0) is 11.5. The fourth-order valence-corrected chi connectivity index (χ4v) is 1.87. The van der Waals surface area contributed by atoms with Gasteiger partial charge in [-0.15, -0.1) is 10.2 Å². The van der Waals surface area contributed by atoms with Crippen molar-refractivity contribution < 1.29 is 4.92 Å². The fraction of sp³-hybridized carbons (Fsp3) is 0.111. The molecule has 0 fully saturated rings. The van der Waals surface area contributed by atoms with Crippen molar-refractivity contribution >= 4 is 17.4 Å². The van der Waals surface area contributed by atoms with E-state index >= 15 is 0 Å². The first-order valence-electron chi connectivity index (χ1n) is 4.43. The summed E-state index contributed by atoms with van der Waals surface area (Å²) < 4.78 is 1.78. The van der Waals surface area contributed by atoms with Crippen molar-refractivity contribution in [3.63, 3.8) is 0 Å². The van der Waals surface area contributed by atoms with Gasteiger partial charge in [-0.1, -0.05) is 0 Å². The van der Waals surface area contributed by atoms with Crippen LogP contribution >= 0.6 is 11.8 Å². The van der Waals surface area contributed by atoms with Crippen LogP contribution in [0.1, 0.15) is 0 Å². The summed E-state index contributed by atoms with van der Waals surface area (Å²) in [5.41, 5.74) is 0.0855. The average molecular weight is 236 g/mol. The van der Waals surface area contributed by atoms with E-state index in [1.54, 1.807) is 23.0 Å². The number of non-ortho nitro benzene ring substituents is 1. The molecule has 0 aliphatic carbocycles. The van der Waals surface area contributed by atoms with Gasteiger partial charge in [-0.2, -0.15) is 0 Å². The minimum Gasteiger partial charge on any atom is -0.311 e. The van der Waals surface area contributed by atoms with Gasteiger partial charge in [-0.3, -0.25) is 10.1 Å². The van der Waals surface area contributed by atoms with Gasteiger partial charge in [0.15, 0.2) is 5.16 Å². The van der Waals surface area contributed by atoms with Crippen LogP contribution in [0.2, 0.25) is 0 Å². The highest BCUT2D eigenvalue weighted by atomic mass is 32.2. The van der Waals surface area contributed by atoms with Crippen LogP contribution in [0.3, 0.4) is 0 Å². The lowest BCUT2D eigenvalue weighted by Crippen LogP contribution is -1.89. The molecule has 6 nitrogen and oxygen atoms in total. The summed E-state index contributed by atoms with van der Waals surface area (Å²) in [4.78, 5) is 10.9. The zero-order valence-corrected chi connectivity index (χ0v) is 9.22. The van der Waals surface area contributed by atoms with Crippen molar-refractivity contribution in [3.05, 3.63) is 40.7 Å². The predicted octanol–water partition coefficient (Wildman–Crippen LogP) is 1.87. The van der Waals surface area contributed by atoms with E-state index in [2.05, 4.69) is 10.2 Å². The topological polar surface area (TPSA) is 73.8 Å². The van der Waals surface area contributed by atoms with Gasteiger partial charge in [0.05, 0.1) is 4.92 Å². The van der Waals surface area contributed by atoms with E-state index in [1.165, 1.54) is 23.9 Å². The van der Waals surface area contributed by atoms with Crippen LogP contribution in [0.5, 0.6) is 0 Å². The number of aryl methyl sites for hydroxylation is 1. The Morgan fingerprint density at radius 3 is 2.56 bits per heavy atom. The van der Waals surface area contributed by atoms with E-state index in [9.17, 15) is 10.1 Å². The standard InChI is InChI=1S/C9H8N4O2S/c1-12-6-10-11-9(12)16-8-4-2-7(3-5-8)13(14)15/h2-6H,1H3. The van der Waals surface area contributed by atoms with Crippen LogP contribution in [-0.2, 0) is 7.05 Å². The van der Waals surface area contributed by atoms with Gasteiger partial charge in [-0.25, -0.2) is 0 Å². The van der Waals surface area contributed by atoms with Gasteiger partial charge in [-0.05, 0) is 23.9 Å². The molecule has 7 heteroatoms. The molecule has 0 radical (unpaired) electrons. The molecule has 16 heavy (non-hydrogen) atoms. The van der Waals surface area contributed by atoms with Crippen LogP contribution in [0.15, 0.2) is 40.6 Å². The molecule has 0 N–H and O–H groups in total. The van der Waals surface area contributed by atoms with E-state index in [0.29, 0.717) is 0 Å². The van der Waals surface area contributed by atoms with Crippen molar-refractivity contribution in [1.82, 2.24) is 14.8 Å². The second-order valence-electron chi connectivity index (χ2n) is 3.08. The highest BCUT2D eigenvalue weighted by molar-refractivity contribution is 7.99. The molecular weight excluding hydrogens is 228 g/mol. The molecule has 0 aliphatic heterocycles. The van der Waals surface area contributed by atoms with Gasteiger partial charge in [0.1, 0.15) is 6.33 Å². The van der Waals surface area contributed by atoms with Crippen molar-refractivity contribution in [1.29, 1.82) is 0 Å². The Hall–Kier alpha value is -1.89. The third kappa shape index (κ3) is 2.19. The maximum atomic E-state index is 10.5. The molecule has 2 rings (SSSR count). The van der Waals surface area contributed by atoms with E-state index < -0.39 is 4.92 Å². The number of hydrogen-bond donors (Lipinski definition) is 0. The summed E-state index contributed by atoms with van der Waals surface area (Å²) in [7, 11) is 1.84. The number of aromatic nitrogens is 3. The van der Waals surface area contributed by atoms with Gasteiger partial charge in [0.25, 0.3) is 5.69 Å². The Balaban J connectivity index is 2.17. The largest absolute Gasteiger partial charge is 0.311 e. The Bertz CT molecular complexity index is 508. The zero-order valence-electron chi connectivity index (χ0n) is 8.40. The van der Waals surface area contributed by atoms with E-state index in [1.807, 2.05) is 7.05 Å². The number of nitro groups is 1. The molecule has 0 bridgehead atoms. The maximum absolute atomic E-state index is 10.5. The average Bonchev–Trinajstić information content (AvgIpc) is 2.65. The SMILES string of the molecule is Cn1cnnc1Sc1ccc([N+](=O)[O-])cc1. The van der Waals surface area contributed by atoms with Crippen LogP contribution in [0.4, 0.5) is 5.69 Å². The number of nitrogens with zero attached hydrogens (tertiary/aromatic N) is 4. The summed E-state index contributed by atoms with van der Waals surface area (Å²) >= 11 is 1.41. The third-order valence-corrected chi connectivity index (χ3v) is 2.99. The minimum atomic E-state index is -0.420. The molecular formula is C9H8N4O2S. The van der Waals surface area contributed by atoms with E-state index in [-0.39, 0.29) is 5.69 Å². The molecule has 0 atom stereocenters. The molecule has 1 heterocycles. The number of rotatable bonds is 3. The van der Waals surface area contributed by atoms with Crippen LogP contribution in [0, 0.1) is 10.1 Å². The van der Waals surface area contributed by atoms with Crippen molar-refractivity contribution in [3.8, 4) is 0 Å². The number of hydrogen-bond acceptors (Lipinski definition) is 5. The monoisotopic (exact) mass is 236 g/mol. The molecule has 2 aromatic rings. The molecule has 0 spiro atoms. The second kappa shape index (κ2) is 4.31. The smallest absolute Gasteiger partial charge is 0.269 e. The van der Waals surface area contributed by atoms with Crippen LogP contribution in [-0.4, -0.2) is 19.7 Å². The van der Waals surface area contributed by atoms with Crippen molar-refractivity contribution in [2.24, 2.45) is 7.05 Å². The quantitative estimate of drug-likeness (QED) is 0.600. The highest BCUT2D eigenvalue weighted by Crippen LogP contribution is 2.26. The van der Waals surface area contributed by atoms with Gasteiger partial charge in [0.2, 0.25) is 0 Å². The maximum Gasteiger partial charge on any atom is 0.269 e. The lowest BCUT2D eigenvalue weighted by Gasteiger charge is -1.99. The van der Waals surface area contributed by atoms with Gasteiger partial charge >= 0.3 is 0 Å². The van der Waals surface area contributed by atoms with Gasteiger partial charge < -0.3 is 4.57 Å². The molecule has 82 valence electrons. The molecule has 0 saturated heterocycles. The predicted molar refractivity (Wildman–Crippen MR) is 58.2 cm³/mol. The van der Waals surface area contributed by atoms with Crippen LogP contribution < -0.4 is 0 Å². The fourth-order valence-electron chi connectivity index (χ4n) is 1.11. The first-order valence-corrected chi connectivity index (χ1v) is 5.25. The van der Waals surface area contributed by atoms with Crippen LogP contribution in [0.25, 0.3) is 0 Å². The molecule has 1 aromatic heterocycles. The minimum absolute atomic E-state index is 0.0855. The molecule has 1 aromatic carbocycles. The van der Waals surface area contributed by atoms with Gasteiger partial charge in [0, 0.05) is 24.1 Å². The Labute approximate surface area is 95.5 Å². The lowest BCUT2D eigenvalue weighted by molar-refractivity contribution is -0.384. The summed E-state index contributed by atoms with van der Waals surface area (Å²) in [5, 5.41) is 18.9. The Kier molecular flexibility index (Phi) is 2.86. The first-order chi connectivity index (χ1) is 7.66. The summed E-state index contributed by atoms with van der Waals surface area (Å²) in [5.74, 6) is 0. The normalized spacial score (nSPS) is 10.3. The van der Waals surface area contributed by atoms with Crippen molar-refractivity contribution in [2.75, 3.05) is 0 Å². The summed E-state index contributed by atoms with van der Waals surface area (Å²) in [6.45, 7) is 0. The van der Waals surface area contributed by atoms with E-state index in [4.69, 9.17) is 0 Å². The summed E-state index contributed by atoms with van der Waals surface area (Å²) in [6.07, 6.45) is 1.60. The van der Waals surface area contributed by atoms with Crippen molar-refractivity contribution in [2.45, 2.75) is 10.1 Å². The summed E-state index contributed by atoms with van der Waals surface area (Å²) in [6, 6.07) is 6.33.